The van der Waals surface area contributed by atoms with Crippen molar-refractivity contribution in [2.75, 3.05) is 6.54 Å². The molecule has 0 heterocycles. The van der Waals surface area contributed by atoms with E-state index >= 15 is 0 Å². The van der Waals surface area contributed by atoms with Gasteiger partial charge in [-0.25, -0.2) is 4.39 Å². The predicted octanol–water partition coefficient (Wildman–Crippen LogP) is 1.52. The lowest BCUT2D eigenvalue weighted by Gasteiger charge is -2.06. The van der Waals surface area contributed by atoms with E-state index in [0.717, 1.165) is 18.4 Å². The van der Waals surface area contributed by atoms with Crippen molar-refractivity contribution in [2.24, 2.45) is 5.73 Å². The van der Waals surface area contributed by atoms with Crippen LogP contribution >= 0.6 is 0 Å². The second kappa shape index (κ2) is 2.78. The molecule has 2 heteroatoms. The van der Waals surface area contributed by atoms with Crippen LogP contribution in [0.5, 0.6) is 0 Å². The van der Waals surface area contributed by atoms with Crippen LogP contribution in [-0.2, 0) is 0 Å². The minimum Gasteiger partial charge on any atom is -0.327 e. The molecule has 0 radical (unpaired) electrons. The average Bonchev–Trinajstić information content (AvgIpc) is 1.89. The Balaban J connectivity index is 2.72. The zero-order valence-electron chi connectivity index (χ0n) is 5.23. The standard InChI is InChI=1S/C7H10FN/c8-7-4-2-1-3-6(7)5-9/h2,4H,1,3,5,9H2. The summed E-state index contributed by atoms with van der Waals surface area (Å²) in [6, 6.07) is 0. The van der Waals surface area contributed by atoms with Crippen LogP contribution in [0.3, 0.4) is 0 Å². The largest absolute Gasteiger partial charge is 0.327 e. The summed E-state index contributed by atoms with van der Waals surface area (Å²) in [5.41, 5.74) is 6.01. The number of hydrogen-bond acceptors (Lipinski definition) is 1. The van der Waals surface area contributed by atoms with E-state index in [9.17, 15) is 4.39 Å². The van der Waals surface area contributed by atoms with Gasteiger partial charge in [-0.2, -0.15) is 0 Å². The number of allylic oxidation sites excluding steroid dienone is 3. The molecule has 0 bridgehead atoms. The highest BCUT2D eigenvalue weighted by molar-refractivity contribution is 5.24. The van der Waals surface area contributed by atoms with Crippen LogP contribution in [0.25, 0.3) is 0 Å². The Morgan fingerprint density at radius 1 is 1.67 bits per heavy atom. The maximum absolute atomic E-state index is 12.6. The molecular weight excluding hydrogens is 117 g/mol. The Labute approximate surface area is 54.0 Å². The molecule has 0 unspecified atom stereocenters. The van der Waals surface area contributed by atoms with Gasteiger partial charge in [0.25, 0.3) is 0 Å². The second-order valence-corrected chi connectivity index (χ2v) is 2.10. The van der Waals surface area contributed by atoms with Crippen molar-refractivity contribution in [3.8, 4) is 0 Å². The fourth-order valence-electron chi connectivity index (χ4n) is 0.881. The van der Waals surface area contributed by atoms with Crippen molar-refractivity contribution in [3.05, 3.63) is 23.6 Å². The number of nitrogens with two attached hydrogens (primary N) is 1. The molecule has 0 aromatic heterocycles. The minimum absolute atomic E-state index is 0.135. The van der Waals surface area contributed by atoms with Crippen molar-refractivity contribution in [1.29, 1.82) is 0 Å². The molecule has 0 aromatic carbocycles. The van der Waals surface area contributed by atoms with Gasteiger partial charge in [0.05, 0.1) is 0 Å². The molecule has 0 saturated carbocycles. The molecule has 0 aliphatic heterocycles. The zero-order valence-corrected chi connectivity index (χ0v) is 5.23. The van der Waals surface area contributed by atoms with Crippen molar-refractivity contribution in [2.45, 2.75) is 12.8 Å². The lowest BCUT2D eigenvalue weighted by atomic mass is 10.0. The first-order valence-electron chi connectivity index (χ1n) is 3.08. The van der Waals surface area contributed by atoms with Crippen LogP contribution in [0.15, 0.2) is 23.6 Å². The molecule has 50 valence electrons. The van der Waals surface area contributed by atoms with Gasteiger partial charge < -0.3 is 5.73 Å². The highest BCUT2D eigenvalue weighted by atomic mass is 19.1. The van der Waals surface area contributed by atoms with Crippen molar-refractivity contribution in [1.82, 2.24) is 0 Å². The van der Waals surface area contributed by atoms with E-state index in [1.807, 2.05) is 6.08 Å². The Bertz CT molecular complexity index is 158. The van der Waals surface area contributed by atoms with E-state index in [-0.39, 0.29) is 5.83 Å². The summed E-state index contributed by atoms with van der Waals surface area (Å²) in [5, 5.41) is 0. The highest BCUT2D eigenvalue weighted by Gasteiger charge is 2.04. The third-order valence-electron chi connectivity index (χ3n) is 1.46. The number of hydrogen-bond donors (Lipinski definition) is 1. The van der Waals surface area contributed by atoms with Crippen LogP contribution in [0.1, 0.15) is 12.8 Å². The van der Waals surface area contributed by atoms with Gasteiger partial charge in [0, 0.05) is 6.54 Å². The van der Waals surface area contributed by atoms with Gasteiger partial charge in [-0.3, -0.25) is 0 Å². The van der Waals surface area contributed by atoms with Crippen LogP contribution in [0.2, 0.25) is 0 Å². The first-order chi connectivity index (χ1) is 4.34. The molecule has 1 nitrogen and oxygen atoms in total. The number of halogens is 1. The molecule has 1 aliphatic carbocycles. The fourth-order valence-corrected chi connectivity index (χ4v) is 0.881. The summed E-state index contributed by atoms with van der Waals surface area (Å²) in [6.07, 6.45) is 5.04. The first kappa shape index (κ1) is 6.49. The molecular formula is C7H10FN. The van der Waals surface area contributed by atoms with Gasteiger partial charge in [0.2, 0.25) is 0 Å². The smallest absolute Gasteiger partial charge is 0.123 e. The minimum atomic E-state index is -0.135. The Morgan fingerprint density at radius 2 is 2.44 bits per heavy atom. The molecule has 1 aliphatic rings. The van der Waals surface area contributed by atoms with E-state index in [2.05, 4.69) is 0 Å². The molecule has 0 aromatic rings. The summed E-state index contributed by atoms with van der Waals surface area (Å²) >= 11 is 0. The highest BCUT2D eigenvalue weighted by Crippen LogP contribution is 2.17. The van der Waals surface area contributed by atoms with Crippen LogP contribution < -0.4 is 5.73 Å². The molecule has 1 rings (SSSR count). The van der Waals surface area contributed by atoms with Gasteiger partial charge in [-0.1, -0.05) is 6.08 Å². The van der Waals surface area contributed by atoms with E-state index in [1.54, 1.807) is 0 Å². The van der Waals surface area contributed by atoms with Crippen molar-refractivity contribution >= 4 is 0 Å². The summed E-state index contributed by atoms with van der Waals surface area (Å²) in [7, 11) is 0. The summed E-state index contributed by atoms with van der Waals surface area (Å²) in [4.78, 5) is 0. The number of rotatable bonds is 1. The summed E-state index contributed by atoms with van der Waals surface area (Å²) < 4.78 is 12.6. The Morgan fingerprint density at radius 3 is 2.89 bits per heavy atom. The first-order valence-corrected chi connectivity index (χ1v) is 3.08. The van der Waals surface area contributed by atoms with Crippen LogP contribution in [-0.4, -0.2) is 6.54 Å². The van der Waals surface area contributed by atoms with Crippen molar-refractivity contribution < 1.29 is 4.39 Å². The van der Waals surface area contributed by atoms with Crippen LogP contribution in [0, 0.1) is 0 Å². The molecule has 0 amide bonds. The van der Waals surface area contributed by atoms with E-state index in [0.29, 0.717) is 6.54 Å². The average molecular weight is 127 g/mol. The van der Waals surface area contributed by atoms with Gasteiger partial charge in [-0.05, 0) is 24.5 Å². The quantitative estimate of drug-likeness (QED) is 0.567. The van der Waals surface area contributed by atoms with Gasteiger partial charge >= 0.3 is 0 Å². The SMILES string of the molecule is NCC1=C(F)C=CCC1. The molecule has 0 fully saturated rings. The third kappa shape index (κ3) is 1.39. The summed E-state index contributed by atoms with van der Waals surface area (Å²) in [6.45, 7) is 0.357. The van der Waals surface area contributed by atoms with Crippen molar-refractivity contribution in [3.63, 3.8) is 0 Å². The second-order valence-electron chi connectivity index (χ2n) is 2.10. The fraction of sp³-hybridized carbons (Fsp3) is 0.429. The Kier molecular flexibility index (Phi) is 2.01. The molecule has 0 atom stereocenters. The van der Waals surface area contributed by atoms with E-state index in [4.69, 9.17) is 5.73 Å². The zero-order chi connectivity index (χ0) is 6.69. The Hall–Kier alpha value is -0.630. The normalized spacial score (nSPS) is 18.9. The van der Waals surface area contributed by atoms with Gasteiger partial charge in [0.15, 0.2) is 0 Å². The third-order valence-corrected chi connectivity index (χ3v) is 1.46. The monoisotopic (exact) mass is 127 g/mol. The molecule has 0 spiro atoms. The van der Waals surface area contributed by atoms with Gasteiger partial charge in [0.1, 0.15) is 5.83 Å². The molecule has 0 saturated heterocycles. The van der Waals surface area contributed by atoms with Gasteiger partial charge in [-0.15, -0.1) is 0 Å². The van der Waals surface area contributed by atoms with E-state index in [1.165, 1.54) is 6.08 Å². The lowest BCUT2D eigenvalue weighted by Crippen LogP contribution is -2.05. The maximum Gasteiger partial charge on any atom is 0.123 e. The molecule has 9 heavy (non-hydrogen) atoms. The topological polar surface area (TPSA) is 26.0 Å². The molecule has 2 N–H and O–H groups in total. The predicted molar refractivity (Wildman–Crippen MR) is 35.6 cm³/mol. The van der Waals surface area contributed by atoms with Crippen LogP contribution in [0.4, 0.5) is 4.39 Å². The summed E-state index contributed by atoms with van der Waals surface area (Å²) in [5.74, 6) is -0.135. The maximum atomic E-state index is 12.6. The van der Waals surface area contributed by atoms with E-state index < -0.39 is 0 Å². The lowest BCUT2D eigenvalue weighted by molar-refractivity contribution is 0.631.